The second-order valence-corrected chi connectivity index (χ2v) is 5.99. The van der Waals surface area contributed by atoms with Crippen LogP contribution < -0.4 is 5.32 Å². The molecule has 0 saturated heterocycles. The SMILES string of the molecule is Cc1sc2ccccc2c1C(=O)NCCc1cnccn1. The number of benzene rings is 1. The molecule has 0 spiro atoms. The maximum Gasteiger partial charge on any atom is 0.253 e. The van der Waals surface area contributed by atoms with Gasteiger partial charge in [-0.2, -0.15) is 0 Å². The van der Waals surface area contributed by atoms with Crippen molar-refractivity contribution in [1.29, 1.82) is 0 Å². The van der Waals surface area contributed by atoms with Crippen molar-refractivity contribution < 1.29 is 4.79 Å². The van der Waals surface area contributed by atoms with Crippen molar-refractivity contribution >= 4 is 27.3 Å². The Morgan fingerprint density at radius 2 is 2.14 bits per heavy atom. The summed E-state index contributed by atoms with van der Waals surface area (Å²) in [6, 6.07) is 8.00. The van der Waals surface area contributed by atoms with Gasteiger partial charge >= 0.3 is 0 Å². The van der Waals surface area contributed by atoms with Gasteiger partial charge in [0.1, 0.15) is 0 Å². The number of fused-ring (bicyclic) bond motifs is 1. The van der Waals surface area contributed by atoms with Gasteiger partial charge in [-0.1, -0.05) is 18.2 Å². The molecule has 3 rings (SSSR count). The van der Waals surface area contributed by atoms with Crippen LogP contribution >= 0.6 is 11.3 Å². The van der Waals surface area contributed by atoms with Gasteiger partial charge in [0.05, 0.1) is 11.3 Å². The lowest BCUT2D eigenvalue weighted by Gasteiger charge is -2.05. The number of nitrogens with one attached hydrogen (secondary N) is 1. The van der Waals surface area contributed by atoms with Gasteiger partial charge in [-0.25, -0.2) is 0 Å². The first-order chi connectivity index (χ1) is 10.3. The third-order valence-corrected chi connectivity index (χ3v) is 4.37. The zero-order valence-electron chi connectivity index (χ0n) is 11.7. The summed E-state index contributed by atoms with van der Waals surface area (Å²) < 4.78 is 1.15. The molecule has 0 saturated carbocycles. The number of carbonyl (C=O) groups excluding carboxylic acids is 1. The molecule has 2 aromatic heterocycles. The fourth-order valence-electron chi connectivity index (χ4n) is 2.30. The van der Waals surface area contributed by atoms with E-state index in [1.165, 1.54) is 0 Å². The Bertz CT molecular complexity index is 768. The van der Waals surface area contributed by atoms with Crippen LogP contribution in [-0.2, 0) is 6.42 Å². The van der Waals surface area contributed by atoms with Crippen LogP contribution in [0, 0.1) is 6.92 Å². The minimum absolute atomic E-state index is 0.0196. The second-order valence-electron chi connectivity index (χ2n) is 4.73. The van der Waals surface area contributed by atoms with Crippen molar-refractivity contribution in [2.24, 2.45) is 0 Å². The topological polar surface area (TPSA) is 54.9 Å². The van der Waals surface area contributed by atoms with Gasteiger partial charge in [-0.15, -0.1) is 11.3 Å². The van der Waals surface area contributed by atoms with E-state index in [2.05, 4.69) is 15.3 Å². The molecule has 3 aromatic rings. The fraction of sp³-hybridized carbons (Fsp3) is 0.188. The van der Waals surface area contributed by atoms with Crippen molar-refractivity contribution in [1.82, 2.24) is 15.3 Å². The number of nitrogens with zero attached hydrogens (tertiary/aromatic N) is 2. The summed E-state index contributed by atoms with van der Waals surface area (Å²) >= 11 is 1.65. The van der Waals surface area contributed by atoms with E-state index in [0.29, 0.717) is 13.0 Å². The molecule has 0 unspecified atom stereocenters. The minimum Gasteiger partial charge on any atom is -0.352 e. The Kier molecular flexibility index (Phi) is 3.92. The molecule has 1 amide bonds. The lowest BCUT2D eigenvalue weighted by atomic mass is 10.1. The number of rotatable bonds is 4. The molecule has 0 fully saturated rings. The van der Waals surface area contributed by atoms with Gasteiger partial charge in [-0.05, 0) is 13.0 Å². The van der Waals surface area contributed by atoms with Gasteiger partial charge in [0.2, 0.25) is 0 Å². The first-order valence-corrected chi connectivity index (χ1v) is 7.58. The molecule has 2 heterocycles. The Morgan fingerprint density at radius 1 is 1.29 bits per heavy atom. The summed E-state index contributed by atoms with van der Waals surface area (Å²) in [6.45, 7) is 2.55. The van der Waals surface area contributed by atoms with E-state index in [1.54, 1.807) is 29.9 Å². The van der Waals surface area contributed by atoms with E-state index in [1.807, 2.05) is 31.2 Å². The standard InChI is InChI=1S/C16H15N3OS/c1-11-15(13-4-2-3-5-14(13)21-11)16(20)19-7-6-12-10-17-8-9-18-12/h2-5,8-10H,6-7H2,1H3,(H,19,20). The zero-order valence-corrected chi connectivity index (χ0v) is 12.5. The van der Waals surface area contributed by atoms with Gasteiger partial charge in [-0.3, -0.25) is 14.8 Å². The maximum atomic E-state index is 12.4. The quantitative estimate of drug-likeness (QED) is 0.805. The second kappa shape index (κ2) is 6.01. The van der Waals surface area contributed by atoms with E-state index in [0.717, 1.165) is 26.2 Å². The van der Waals surface area contributed by atoms with Gasteiger partial charge < -0.3 is 5.32 Å². The third-order valence-electron chi connectivity index (χ3n) is 3.28. The first kappa shape index (κ1) is 13.7. The highest BCUT2D eigenvalue weighted by atomic mass is 32.1. The van der Waals surface area contributed by atoms with Crippen LogP contribution in [-0.4, -0.2) is 22.4 Å². The maximum absolute atomic E-state index is 12.4. The van der Waals surface area contributed by atoms with E-state index in [-0.39, 0.29) is 5.91 Å². The number of aromatic nitrogens is 2. The largest absolute Gasteiger partial charge is 0.352 e. The summed E-state index contributed by atoms with van der Waals surface area (Å²) in [5, 5.41) is 3.99. The molecule has 0 aliphatic carbocycles. The van der Waals surface area contributed by atoms with Crippen molar-refractivity contribution in [2.45, 2.75) is 13.3 Å². The number of thiophene rings is 1. The lowest BCUT2D eigenvalue weighted by Crippen LogP contribution is -2.26. The number of carbonyl (C=O) groups is 1. The van der Waals surface area contributed by atoms with Crippen molar-refractivity contribution in [3.8, 4) is 0 Å². The molecule has 0 aliphatic rings. The van der Waals surface area contributed by atoms with E-state index >= 15 is 0 Å². The number of hydrogen-bond acceptors (Lipinski definition) is 4. The van der Waals surface area contributed by atoms with Crippen LogP contribution in [0.4, 0.5) is 0 Å². The highest BCUT2D eigenvalue weighted by molar-refractivity contribution is 7.19. The zero-order chi connectivity index (χ0) is 14.7. The molecular formula is C16H15N3OS. The fourth-order valence-corrected chi connectivity index (χ4v) is 3.36. The third kappa shape index (κ3) is 2.92. The summed E-state index contributed by atoms with van der Waals surface area (Å²) in [5.74, 6) is -0.0196. The highest BCUT2D eigenvalue weighted by Crippen LogP contribution is 2.30. The Morgan fingerprint density at radius 3 is 2.95 bits per heavy atom. The van der Waals surface area contributed by atoms with E-state index in [4.69, 9.17) is 0 Å². The van der Waals surface area contributed by atoms with Crippen LogP contribution in [0.3, 0.4) is 0 Å². The first-order valence-electron chi connectivity index (χ1n) is 6.77. The summed E-state index contributed by atoms with van der Waals surface area (Å²) in [7, 11) is 0. The molecule has 0 aliphatic heterocycles. The van der Waals surface area contributed by atoms with Gasteiger partial charge in [0.15, 0.2) is 0 Å². The average Bonchev–Trinajstić information content (AvgIpc) is 2.84. The number of amides is 1. The number of aryl methyl sites for hydroxylation is 1. The molecule has 0 bridgehead atoms. The molecular weight excluding hydrogens is 282 g/mol. The normalized spacial score (nSPS) is 10.7. The van der Waals surface area contributed by atoms with Crippen molar-refractivity contribution in [2.75, 3.05) is 6.54 Å². The van der Waals surface area contributed by atoms with Crippen LogP contribution in [0.25, 0.3) is 10.1 Å². The summed E-state index contributed by atoms with van der Waals surface area (Å²) in [6.07, 6.45) is 5.70. The molecule has 4 nitrogen and oxygen atoms in total. The Hall–Kier alpha value is -2.27. The van der Waals surface area contributed by atoms with Crippen LogP contribution in [0.5, 0.6) is 0 Å². The van der Waals surface area contributed by atoms with Gasteiger partial charge in [0.25, 0.3) is 5.91 Å². The van der Waals surface area contributed by atoms with Crippen LogP contribution in [0.1, 0.15) is 20.9 Å². The number of hydrogen-bond donors (Lipinski definition) is 1. The average molecular weight is 297 g/mol. The van der Waals surface area contributed by atoms with E-state index in [9.17, 15) is 4.79 Å². The molecule has 5 heteroatoms. The molecule has 0 atom stereocenters. The monoisotopic (exact) mass is 297 g/mol. The Balaban J connectivity index is 1.71. The predicted molar refractivity (Wildman–Crippen MR) is 84.6 cm³/mol. The highest BCUT2D eigenvalue weighted by Gasteiger charge is 2.15. The summed E-state index contributed by atoms with van der Waals surface area (Å²) in [5.41, 5.74) is 1.67. The molecule has 21 heavy (non-hydrogen) atoms. The molecule has 1 aromatic carbocycles. The predicted octanol–water partition coefficient (Wildman–Crippen LogP) is 2.97. The smallest absolute Gasteiger partial charge is 0.253 e. The summed E-state index contributed by atoms with van der Waals surface area (Å²) in [4.78, 5) is 21.6. The van der Waals surface area contributed by atoms with Crippen molar-refractivity contribution in [3.05, 3.63) is 59.0 Å². The lowest BCUT2D eigenvalue weighted by molar-refractivity contribution is 0.0955. The van der Waals surface area contributed by atoms with Crippen LogP contribution in [0.15, 0.2) is 42.9 Å². The molecule has 0 radical (unpaired) electrons. The van der Waals surface area contributed by atoms with Crippen LogP contribution in [0.2, 0.25) is 0 Å². The van der Waals surface area contributed by atoms with E-state index < -0.39 is 0 Å². The minimum atomic E-state index is -0.0196. The van der Waals surface area contributed by atoms with Crippen molar-refractivity contribution in [3.63, 3.8) is 0 Å². The molecule has 1 N–H and O–H groups in total. The van der Waals surface area contributed by atoms with Gasteiger partial charge in [0, 0.05) is 46.5 Å². The Labute approximate surface area is 126 Å². The molecule has 106 valence electrons.